The maximum atomic E-state index is 7.47. The summed E-state index contributed by atoms with van der Waals surface area (Å²) in [6, 6.07) is 0. The van der Waals surface area contributed by atoms with Crippen molar-refractivity contribution in [2.45, 2.75) is 54.4 Å². The lowest BCUT2D eigenvalue weighted by Crippen LogP contribution is -2.37. The SMILES string of the molecule is C=CC(C)(C)C(C)(CC)CC(C)(C)C=N. The van der Waals surface area contributed by atoms with Gasteiger partial charge >= 0.3 is 0 Å². The highest BCUT2D eigenvalue weighted by atomic mass is 14.5. The molecule has 0 aliphatic carbocycles. The number of nitrogens with one attached hydrogen (secondary N) is 1. The molecule has 0 aromatic carbocycles. The Bertz CT molecular complexity index is 238. The van der Waals surface area contributed by atoms with Crippen molar-refractivity contribution in [2.75, 3.05) is 0 Å². The van der Waals surface area contributed by atoms with Crippen LogP contribution in [0.4, 0.5) is 0 Å². The molecular formula is C14H27N. The van der Waals surface area contributed by atoms with Crippen molar-refractivity contribution in [2.24, 2.45) is 16.2 Å². The first-order chi connectivity index (χ1) is 6.64. The van der Waals surface area contributed by atoms with Crippen LogP contribution in [0.3, 0.4) is 0 Å². The summed E-state index contributed by atoms with van der Waals surface area (Å²) in [5, 5.41) is 7.47. The van der Waals surface area contributed by atoms with E-state index in [2.05, 4.69) is 54.2 Å². The largest absolute Gasteiger partial charge is 0.313 e. The maximum Gasteiger partial charge on any atom is 0.000889 e. The summed E-state index contributed by atoms with van der Waals surface area (Å²) in [5.41, 5.74) is 0.295. The molecule has 0 fully saturated rings. The second kappa shape index (κ2) is 4.51. The Balaban J connectivity index is 5.03. The van der Waals surface area contributed by atoms with Gasteiger partial charge in [-0.25, -0.2) is 0 Å². The zero-order chi connectivity index (χ0) is 12.3. The molecule has 0 saturated carbocycles. The van der Waals surface area contributed by atoms with Gasteiger partial charge in [0.25, 0.3) is 0 Å². The fourth-order valence-corrected chi connectivity index (χ4v) is 2.11. The molecule has 0 radical (unpaired) electrons. The Hall–Kier alpha value is -0.590. The molecule has 0 aromatic heterocycles. The lowest BCUT2D eigenvalue weighted by molar-refractivity contribution is 0.0889. The highest BCUT2D eigenvalue weighted by Crippen LogP contribution is 2.49. The fraction of sp³-hybridized carbons (Fsp3) is 0.786. The Morgan fingerprint density at radius 1 is 1.13 bits per heavy atom. The minimum atomic E-state index is -0.0228. The molecular weight excluding hydrogens is 182 g/mol. The molecule has 0 aromatic rings. The summed E-state index contributed by atoms with van der Waals surface area (Å²) in [6.45, 7) is 17.2. The Labute approximate surface area is 95.5 Å². The lowest BCUT2D eigenvalue weighted by atomic mass is 9.59. The van der Waals surface area contributed by atoms with Gasteiger partial charge in [-0.15, -0.1) is 6.58 Å². The van der Waals surface area contributed by atoms with E-state index in [0.717, 1.165) is 12.8 Å². The van der Waals surface area contributed by atoms with Crippen LogP contribution in [0.25, 0.3) is 0 Å². The van der Waals surface area contributed by atoms with Crippen molar-refractivity contribution < 1.29 is 0 Å². The molecule has 1 unspecified atom stereocenters. The summed E-state index contributed by atoms with van der Waals surface area (Å²) in [7, 11) is 0. The summed E-state index contributed by atoms with van der Waals surface area (Å²) < 4.78 is 0. The molecule has 0 rings (SSSR count). The second-order valence-corrected chi connectivity index (χ2v) is 6.15. The van der Waals surface area contributed by atoms with Gasteiger partial charge in [0.1, 0.15) is 0 Å². The quantitative estimate of drug-likeness (QED) is 0.485. The molecule has 1 nitrogen and oxygen atoms in total. The first-order valence-electron chi connectivity index (χ1n) is 5.79. The van der Waals surface area contributed by atoms with Crippen LogP contribution in [0.1, 0.15) is 54.4 Å². The van der Waals surface area contributed by atoms with E-state index in [1.807, 2.05) is 0 Å². The first-order valence-corrected chi connectivity index (χ1v) is 5.79. The van der Waals surface area contributed by atoms with Crippen molar-refractivity contribution in [3.8, 4) is 0 Å². The highest BCUT2D eigenvalue weighted by Gasteiger charge is 2.40. The van der Waals surface area contributed by atoms with E-state index in [1.54, 1.807) is 6.21 Å². The molecule has 0 bridgehead atoms. The van der Waals surface area contributed by atoms with Crippen LogP contribution in [0.15, 0.2) is 12.7 Å². The van der Waals surface area contributed by atoms with E-state index in [0.29, 0.717) is 0 Å². The van der Waals surface area contributed by atoms with Crippen molar-refractivity contribution in [3.05, 3.63) is 12.7 Å². The van der Waals surface area contributed by atoms with Crippen LogP contribution in [0.2, 0.25) is 0 Å². The smallest absolute Gasteiger partial charge is 0.000889 e. The van der Waals surface area contributed by atoms with Crippen molar-refractivity contribution in [1.29, 1.82) is 5.41 Å². The van der Waals surface area contributed by atoms with E-state index in [4.69, 9.17) is 5.41 Å². The minimum Gasteiger partial charge on any atom is -0.313 e. The highest BCUT2D eigenvalue weighted by molar-refractivity contribution is 5.61. The van der Waals surface area contributed by atoms with Crippen LogP contribution < -0.4 is 0 Å². The third-order valence-corrected chi connectivity index (χ3v) is 4.08. The van der Waals surface area contributed by atoms with Gasteiger partial charge in [-0.3, -0.25) is 0 Å². The number of hydrogen-bond acceptors (Lipinski definition) is 1. The third kappa shape index (κ3) is 3.19. The molecule has 1 N–H and O–H groups in total. The van der Waals surface area contributed by atoms with Gasteiger partial charge in [-0.05, 0) is 29.1 Å². The maximum absolute atomic E-state index is 7.47. The van der Waals surface area contributed by atoms with Gasteiger partial charge in [0.15, 0.2) is 0 Å². The average Bonchev–Trinajstić information content (AvgIpc) is 2.16. The molecule has 0 saturated heterocycles. The molecule has 88 valence electrons. The van der Waals surface area contributed by atoms with Crippen LogP contribution in [0, 0.1) is 21.7 Å². The molecule has 0 heterocycles. The second-order valence-electron chi connectivity index (χ2n) is 6.15. The zero-order valence-electron chi connectivity index (χ0n) is 11.3. The van der Waals surface area contributed by atoms with Gasteiger partial charge in [0.2, 0.25) is 0 Å². The minimum absolute atomic E-state index is 0.0228. The summed E-state index contributed by atoms with van der Waals surface area (Å²) >= 11 is 0. The average molecular weight is 209 g/mol. The number of rotatable bonds is 6. The Kier molecular flexibility index (Phi) is 4.33. The monoisotopic (exact) mass is 209 g/mol. The van der Waals surface area contributed by atoms with Crippen LogP contribution in [0.5, 0.6) is 0 Å². The predicted octanol–water partition coefficient (Wildman–Crippen LogP) is 4.68. The van der Waals surface area contributed by atoms with Gasteiger partial charge in [0, 0.05) is 6.21 Å². The number of hydrogen-bond donors (Lipinski definition) is 1. The molecule has 1 atom stereocenters. The van der Waals surface area contributed by atoms with Crippen molar-refractivity contribution >= 4 is 6.21 Å². The van der Waals surface area contributed by atoms with Crippen LogP contribution in [-0.4, -0.2) is 6.21 Å². The van der Waals surface area contributed by atoms with Gasteiger partial charge in [0.05, 0.1) is 0 Å². The number of allylic oxidation sites excluding steroid dienone is 1. The standard InChI is InChI=1S/C14H27N/c1-8-13(5,6)14(7,9-2)10-12(3,4)11-15/h8,11,15H,1,9-10H2,2-7H3. The van der Waals surface area contributed by atoms with E-state index >= 15 is 0 Å². The Morgan fingerprint density at radius 2 is 1.60 bits per heavy atom. The summed E-state index contributed by atoms with van der Waals surface area (Å²) in [5.74, 6) is 0. The molecule has 15 heavy (non-hydrogen) atoms. The van der Waals surface area contributed by atoms with Crippen LogP contribution >= 0.6 is 0 Å². The van der Waals surface area contributed by atoms with E-state index in [-0.39, 0.29) is 16.2 Å². The first kappa shape index (κ1) is 14.4. The third-order valence-electron chi connectivity index (χ3n) is 4.08. The molecule has 0 spiro atoms. The Morgan fingerprint density at radius 3 is 1.87 bits per heavy atom. The normalized spacial score (nSPS) is 16.9. The van der Waals surface area contributed by atoms with Gasteiger partial charge in [-0.2, -0.15) is 0 Å². The van der Waals surface area contributed by atoms with E-state index in [9.17, 15) is 0 Å². The zero-order valence-corrected chi connectivity index (χ0v) is 11.3. The molecule has 0 aliphatic rings. The van der Waals surface area contributed by atoms with Crippen molar-refractivity contribution in [3.63, 3.8) is 0 Å². The summed E-state index contributed by atoms with van der Waals surface area (Å²) in [4.78, 5) is 0. The van der Waals surface area contributed by atoms with Crippen molar-refractivity contribution in [1.82, 2.24) is 0 Å². The van der Waals surface area contributed by atoms with Gasteiger partial charge < -0.3 is 5.41 Å². The van der Waals surface area contributed by atoms with E-state index < -0.39 is 0 Å². The summed E-state index contributed by atoms with van der Waals surface area (Å²) in [6.07, 6.45) is 5.76. The lowest BCUT2D eigenvalue weighted by Gasteiger charge is -2.45. The van der Waals surface area contributed by atoms with E-state index in [1.165, 1.54) is 0 Å². The molecule has 1 heteroatoms. The fourth-order valence-electron chi connectivity index (χ4n) is 2.11. The topological polar surface area (TPSA) is 23.9 Å². The predicted molar refractivity (Wildman–Crippen MR) is 69.6 cm³/mol. The molecule has 0 aliphatic heterocycles. The van der Waals surface area contributed by atoms with Gasteiger partial charge in [-0.1, -0.05) is 47.6 Å². The molecule has 0 amide bonds. The van der Waals surface area contributed by atoms with Crippen LogP contribution in [-0.2, 0) is 0 Å².